The summed E-state index contributed by atoms with van der Waals surface area (Å²) in [5.41, 5.74) is 3.69. The molecule has 4 aromatic carbocycles. The number of esters is 1. The molecule has 2 N–H and O–H groups in total. The molecule has 0 saturated carbocycles. The van der Waals surface area contributed by atoms with E-state index in [0.717, 1.165) is 29.8 Å². The van der Waals surface area contributed by atoms with E-state index in [9.17, 15) is 9.59 Å². The maximum absolute atomic E-state index is 12.7. The van der Waals surface area contributed by atoms with Crippen molar-refractivity contribution >= 4 is 23.4 Å². The van der Waals surface area contributed by atoms with Crippen molar-refractivity contribution < 1.29 is 19.1 Å². The molecule has 0 spiro atoms. The molecule has 0 unspecified atom stereocenters. The summed E-state index contributed by atoms with van der Waals surface area (Å²) >= 11 is 0. The van der Waals surface area contributed by atoms with Crippen LogP contribution in [-0.2, 0) is 4.74 Å². The summed E-state index contributed by atoms with van der Waals surface area (Å²) in [5, 5.41) is 5.66. The van der Waals surface area contributed by atoms with Gasteiger partial charge in [-0.1, -0.05) is 78.9 Å². The quantitative estimate of drug-likeness (QED) is 0.178. The van der Waals surface area contributed by atoms with E-state index in [-0.39, 0.29) is 11.6 Å². The molecule has 0 aliphatic heterocycles. The highest BCUT2D eigenvalue weighted by atomic mass is 16.5. The molecule has 0 bridgehead atoms. The zero-order valence-electron chi connectivity index (χ0n) is 22.2. The molecule has 39 heavy (non-hydrogen) atoms. The monoisotopic (exact) mass is 523 g/mol. The van der Waals surface area contributed by atoms with Gasteiger partial charge in [0.25, 0.3) is 0 Å². The van der Waals surface area contributed by atoms with Gasteiger partial charge in [0.15, 0.2) is 0 Å². The lowest BCUT2D eigenvalue weighted by Crippen LogP contribution is -2.31. The lowest BCUT2D eigenvalue weighted by Gasteiger charge is -2.22. The predicted molar refractivity (Wildman–Crippen MR) is 154 cm³/mol. The van der Waals surface area contributed by atoms with Crippen molar-refractivity contribution in [3.63, 3.8) is 0 Å². The maximum Gasteiger partial charge on any atom is 0.341 e. The predicted octanol–water partition coefficient (Wildman–Crippen LogP) is 6.29. The van der Waals surface area contributed by atoms with Crippen LogP contribution in [0.5, 0.6) is 5.75 Å². The van der Waals surface area contributed by atoms with Crippen LogP contribution in [0.25, 0.3) is 0 Å². The first kappa shape index (κ1) is 27.3. The van der Waals surface area contributed by atoms with E-state index >= 15 is 0 Å². The van der Waals surface area contributed by atoms with Crippen LogP contribution < -0.4 is 20.3 Å². The van der Waals surface area contributed by atoms with E-state index in [1.807, 2.05) is 98.0 Å². The van der Waals surface area contributed by atoms with Gasteiger partial charge in [0.2, 0.25) is 0 Å². The van der Waals surface area contributed by atoms with E-state index < -0.39 is 12.1 Å². The average molecular weight is 524 g/mol. The van der Waals surface area contributed by atoms with E-state index in [0.29, 0.717) is 18.0 Å². The fraction of sp³-hybridized carbons (Fsp3) is 0.188. The van der Waals surface area contributed by atoms with Gasteiger partial charge in [0, 0.05) is 31.5 Å². The second-order valence-electron chi connectivity index (χ2n) is 9.01. The molecule has 4 aromatic rings. The number of hydrogen-bond donors (Lipinski definition) is 2. The van der Waals surface area contributed by atoms with Gasteiger partial charge >= 0.3 is 12.0 Å². The van der Waals surface area contributed by atoms with Gasteiger partial charge in [-0.2, -0.15) is 0 Å². The summed E-state index contributed by atoms with van der Waals surface area (Å²) in [5.74, 6) is -0.202. The van der Waals surface area contributed by atoms with Crippen LogP contribution in [-0.4, -0.2) is 39.2 Å². The van der Waals surface area contributed by atoms with Gasteiger partial charge in [-0.15, -0.1) is 0 Å². The lowest BCUT2D eigenvalue weighted by molar-refractivity contribution is 0.0594. The van der Waals surface area contributed by atoms with E-state index in [2.05, 4.69) is 15.5 Å². The number of benzene rings is 4. The number of anilines is 2. The number of nitrogens with zero attached hydrogens (tertiary/aromatic N) is 1. The third kappa shape index (κ3) is 7.61. The summed E-state index contributed by atoms with van der Waals surface area (Å²) in [6, 6.07) is 34.3. The Labute approximate surface area is 229 Å². The van der Waals surface area contributed by atoms with Gasteiger partial charge in [0.1, 0.15) is 17.4 Å². The Morgan fingerprint density at radius 3 is 2.00 bits per heavy atom. The number of rotatable bonds is 11. The molecule has 0 atom stereocenters. The van der Waals surface area contributed by atoms with Gasteiger partial charge in [-0.25, -0.2) is 9.59 Å². The summed E-state index contributed by atoms with van der Waals surface area (Å²) in [6.45, 7) is 1.30. The summed E-state index contributed by atoms with van der Waals surface area (Å²) < 4.78 is 11.4. The Hall–Kier alpha value is -4.78. The van der Waals surface area contributed by atoms with Gasteiger partial charge in [0.05, 0.1) is 7.11 Å². The minimum atomic E-state index is -0.558. The largest absolute Gasteiger partial charge is 0.480 e. The minimum Gasteiger partial charge on any atom is -0.480 e. The first-order chi connectivity index (χ1) is 19.0. The third-order valence-corrected chi connectivity index (χ3v) is 6.25. The van der Waals surface area contributed by atoms with Gasteiger partial charge in [-0.05, 0) is 47.9 Å². The second-order valence-corrected chi connectivity index (χ2v) is 9.01. The molecule has 0 saturated heterocycles. The number of nitrogens with one attached hydrogen (secondary N) is 2. The number of methoxy groups -OCH3 is 1. The van der Waals surface area contributed by atoms with E-state index in [4.69, 9.17) is 9.47 Å². The zero-order valence-corrected chi connectivity index (χ0v) is 22.2. The highest BCUT2D eigenvalue weighted by Gasteiger charge is 2.21. The van der Waals surface area contributed by atoms with Crippen LogP contribution >= 0.6 is 0 Å². The molecular formula is C32H33N3O4. The average Bonchev–Trinajstić information content (AvgIpc) is 2.99. The second kappa shape index (κ2) is 13.7. The first-order valence-electron chi connectivity index (χ1n) is 12.8. The number of para-hydroxylation sites is 1. The number of urea groups is 1. The molecule has 0 radical (unpaired) electrons. The highest BCUT2D eigenvalue weighted by Crippen LogP contribution is 2.32. The van der Waals surface area contributed by atoms with E-state index in [1.54, 1.807) is 18.2 Å². The van der Waals surface area contributed by atoms with Crippen LogP contribution in [0, 0.1) is 0 Å². The van der Waals surface area contributed by atoms with Crippen molar-refractivity contribution in [2.24, 2.45) is 0 Å². The van der Waals surface area contributed by atoms with Crippen molar-refractivity contribution in [3.05, 3.63) is 126 Å². The van der Waals surface area contributed by atoms with Crippen molar-refractivity contribution in [1.82, 2.24) is 5.32 Å². The van der Waals surface area contributed by atoms with Crippen LogP contribution in [0.4, 0.5) is 16.2 Å². The Bertz CT molecular complexity index is 1310. The number of amides is 2. The Morgan fingerprint density at radius 1 is 0.821 bits per heavy atom. The fourth-order valence-corrected chi connectivity index (χ4v) is 4.20. The van der Waals surface area contributed by atoms with Gasteiger partial charge < -0.3 is 25.0 Å². The maximum atomic E-state index is 12.7. The molecule has 0 heterocycles. The zero-order chi connectivity index (χ0) is 27.5. The Balaban J connectivity index is 1.42. The molecule has 4 rings (SSSR count). The molecule has 7 heteroatoms. The molecule has 0 aromatic heterocycles. The molecule has 0 aliphatic carbocycles. The molecule has 0 aliphatic rings. The number of carbonyl (C=O) groups is 2. The van der Waals surface area contributed by atoms with Crippen molar-refractivity contribution in [1.29, 1.82) is 0 Å². The van der Waals surface area contributed by atoms with Crippen molar-refractivity contribution in [3.8, 4) is 5.75 Å². The van der Waals surface area contributed by atoms with Crippen LogP contribution in [0.1, 0.15) is 34.0 Å². The Morgan fingerprint density at radius 2 is 1.41 bits per heavy atom. The summed E-state index contributed by atoms with van der Waals surface area (Å²) in [7, 11) is 3.34. The fourth-order valence-electron chi connectivity index (χ4n) is 4.20. The molecule has 7 nitrogen and oxygen atoms in total. The topological polar surface area (TPSA) is 79.9 Å². The van der Waals surface area contributed by atoms with Crippen LogP contribution in [0.3, 0.4) is 0 Å². The molecule has 200 valence electrons. The minimum absolute atomic E-state index is 0.219. The molecule has 2 amide bonds. The number of ether oxygens (including phenoxy) is 2. The van der Waals surface area contributed by atoms with Gasteiger partial charge in [-0.3, -0.25) is 0 Å². The summed E-state index contributed by atoms with van der Waals surface area (Å²) in [6.07, 6.45) is 0.339. The molecule has 0 fully saturated rings. The molecular weight excluding hydrogens is 490 g/mol. The van der Waals surface area contributed by atoms with Crippen molar-refractivity contribution in [2.45, 2.75) is 12.5 Å². The first-order valence-corrected chi connectivity index (χ1v) is 12.8. The highest BCUT2D eigenvalue weighted by molar-refractivity contribution is 5.96. The third-order valence-electron chi connectivity index (χ3n) is 6.25. The lowest BCUT2D eigenvalue weighted by atomic mass is 10.0. The summed E-state index contributed by atoms with van der Waals surface area (Å²) in [4.78, 5) is 27.3. The van der Waals surface area contributed by atoms with Crippen LogP contribution in [0.2, 0.25) is 0 Å². The standard InChI is InChI=1S/C32H33N3O4/c1-35(27-17-10-5-11-18-27)22-12-21-33-32(37)34-26-19-20-29(28(23-26)31(36)38-2)39-30(24-13-6-3-7-14-24)25-15-8-4-9-16-25/h3-11,13-20,23,30H,12,21-22H2,1-2H3,(H2,33,34,37). The number of hydrogen-bond acceptors (Lipinski definition) is 5. The normalized spacial score (nSPS) is 10.5. The van der Waals surface area contributed by atoms with Crippen molar-refractivity contribution in [2.75, 3.05) is 37.5 Å². The Kier molecular flexibility index (Phi) is 9.56. The van der Waals surface area contributed by atoms with E-state index in [1.165, 1.54) is 7.11 Å². The smallest absolute Gasteiger partial charge is 0.341 e. The van der Waals surface area contributed by atoms with Crippen LogP contribution in [0.15, 0.2) is 109 Å². The number of carbonyl (C=O) groups excluding carboxylic acids is 2. The SMILES string of the molecule is COC(=O)c1cc(NC(=O)NCCCN(C)c2ccccc2)ccc1OC(c1ccccc1)c1ccccc1.